The van der Waals surface area contributed by atoms with Crippen LogP contribution in [0.1, 0.15) is 98.8 Å². The third kappa shape index (κ3) is 14.9. The highest BCUT2D eigenvalue weighted by Gasteiger charge is 2.41. The minimum absolute atomic E-state index is 0.0840. The average molecular weight is 809 g/mol. The van der Waals surface area contributed by atoms with Crippen LogP contribution in [-0.2, 0) is 43.2 Å². The number of primary amides is 1. The molecule has 0 spiro atoms. The summed E-state index contributed by atoms with van der Waals surface area (Å²) >= 11 is 0. The largest absolute Gasteiger partial charge is 0.480 e. The Labute approximate surface area is 333 Å². The summed E-state index contributed by atoms with van der Waals surface area (Å²) in [5.74, 6) is -6.77. The number of unbranched alkanes of at least 4 members (excludes halogenated alkanes) is 1. The molecule has 0 aromatic rings. The molecule has 8 amide bonds. The second-order valence-electron chi connectivity index (χ2n) is 15.4. The Hall–Kier alpha value is -4.85. The Kier molecular flexibility index (Phi) is 19.8. The first-order valence-electron chi connectivity index (χ1n) is 19.9. The van der Waals surface area contributed by atoms with E-state index in [1.807, 2.05) is 20.8 Å². The zero-order valence-corrected chi connectivity index (χ0v) is 33.8. The normalized spacial score (nSPS) is 19.7. The SMILES string of the molecule is CC[C@H](C)[C@H](NC(=O)[C@H](CCCCN)NC(=O)[C@H](CC(C)C)NC(=O)CNC(=O)[C@@H]1CCCN1C(=O)[C@@H](N)CC(N)=O)C(=O)N1CCC[C@H]1C(=O)N[C@@H](C)C(=O)O. The van der Waals surface area contributed by atoms with E-state index in [9.17, 15) is 48.3 Å². The molecule has 2 rings (SSSR count). The Morgan fingerprint density at radius 1 is 0.772 bits per heavy atom. The fraction of sp³-hybridized carbons (Fsp3) is 0.757. The zero-order chi connectivity index (χ0) is 43.0. The molecule has 2 heterocycles. The molecule has 57 heavy (non-hydrogen) atoms. The number of carboxylic acids is 1. The maximum absolute atomic E-state index is 14.0. The van der Waals surface area contributed by atoms with Crippen molar-refractivity contribution in [1.82, 2.24) is 36.4 Å². The van der Waals surface area contributed by atoms with Crippen molar-refractivity contribution in [1.29, 1.82) is 0 Å². The summed E-state index contributed by atoms with van der Waals surface area (Å²) in [5.41, 5.74) is 16.7. The summed E-state index contributed by atoms with van der Waals surface area (Å²) < 4.78 is 0. The summed E-state index contributed by atoms with van der Waals surface area (Å²) in [6, 6.07) is -7.51. The fourth-order valence-corrected chi connectivity index (χ4v) is 6.88. The van der Waals surface area contributed by atoms with Gasteiger partial charge in [-0.25, -0.2) is 0 Å². The van der Waals surface area contributed by atoms with Gasteiger partial charge in [-0.3, -0.25) is 43.2 Å². The van der Waals surface area contributed by atoms with Crippen molar-refractivity contribution in [2.75, 3.05) is 26.2 Å². The van der Waals surface area contributed by atoms with Gasteiger partial charge < -0.3 is 58.7 Å². The van der Waals surface area contributed by atoms with Crippen molar-refractivity contribution in [2.45, 2.75) is 141 Å². The Bertz CT molecular complexity index is 1460. The first-order chi connectivity index (χ1) is 26.8. The summed E-state index contributed by atoms with van der Waals surface area (Å²) in [6.45, 7) is 8.90. The van der Waals surface area contributed by atoms with Crippen molar-refractivity contribution in [3.8, 4) is 0 Å². The van der Waals surface area contributed by atoms with Crippen molar-refractivity contribution < 1.29 is 48.3 Å². The summed E-state index contributed by atoms with van der Waals surface area (Å²) in [4.78, 5) is 119. The van der Waals surface area contributed by atoms with Crippen LogP contribution in [0.25, 0.3) is 0 Å². The van der Waals surface area contributed by atoms with Crippen LogP contribution in [-0.4, -0.2) is 137 Å². The molecule has 2 aliphatic rings. The molecule has 0 unspecified atom stereocenters. The number of carboxylic acid groups (broad SMARTS) is 1. The number of likely N-dealkylation sites (tertiary alicyclic amines) is 2. The van der Waals surface area contributed by atoms with Gasteiger partial charge >= 0.3 is 5.97 Å². The lowest BCUT2D eigenvalue weighted by Crippen LogP contribution is -2.60. The maximum atomic E-state index is 14.0. The molecule has 8 atom stereocenters. The molecule has 0 bridgehead atoms. The van der Waals surface area contributed by atoms with Crippen LogP contribution in [0.3, 0.4) is 0 Å². The lowest BCUT2D eigenvalue weighted by atomic mass is 9.96. The molecule has 0 aliphatic carbocycles. The minimum Gasteiger partial charge on any atom is -0.480 e. The second-order valence-corrected chi connectivity index (χ2v) is 15.4. The van der Waals surface area contributed by atoms with E-state index in [2.05, 4.69) is 26.6 Å². The highest BCUT2D eigenvalue weighted by molar-refractivity contribution is 5.97. The van der Waals surface area contributed by atoms with E-state index < -0.39 is 102 Å². The number of aliphatic carboxylic acids is 1. The number of hydrogen-bond donors (Lipinski definition) is 9. The number of carbonyl (C=O) groups excluding carboxylic acids is 8. The smallest absolute Gasteiger partial charge is 0.325 e. The number of amides is 8. The molecule has 20 nitrogen and oxygen atoms in total. The van der Waals surface area contributed by atoms with Crippen molar-refractivity contribution in [3.63, 3.8) is 0 Å². The predicted octanol–water partition coefficient (Wildman–Crippen LogP) is -2.45. The molecular weight excluding hydrogens is 744 g/mol. The zero-order valence-electron chi connectivity index (χ0n) is 33.8. The second kappa shape index (κ2) is 23.4. The van der Waals surface area contributed by atoms with E-state index in [1.165, 1.54) is 16.7 Å². The Balaban J connectivity index is 2.18. The van der Waals surface area contributed by atoms with Crippen LogP contribution in [0.15, 0.2) is 0 Å². The van der Waals surface area contributed by atoms with Crippen molar-refractivity contribution in [2.24, 2.45) is 29.0 Å². The van der Waals surface area contributed by atoms with Crippen LogP contribution in [0.2, 0.25) is 0 Å². The van der Waals surface area contributed by atoms with Gasteiger partial charge in [0.1, 0.15) is 36.3 Å². The third-order valence-corrected chi connectivity index (χ3v) is 10.3. The fourth-order valence-electron chi connectivity index (χ4n) is 6.88. The number of nitrogens with one attached hydrogen (secondary N) is 5. The lowest BCUT2D eigenvalue weighted by molar-refractivity contribution is -0.145. The van der Waals surface area contributed by atoms with E-state index in [1.54, 1.807) is 6.92 Å². The predicted molar refractivity (Wildman–Crippen MR) is 207 cm³/mol. The number of carbonyl (C=O) groups is 9. The maximum Gasteiger partial charge on any atom is 0.325 e. The van der Waals surface area contributed by atoms with Gasteiger partial charge in [0.15, 0.2) is 0 Å². The van der Waals surface area contributed by atoms with E-state index >= 15 is 0 Å². The van der Waals surface area contributed by atoms with Gasteiger partial charge in [-0.2, -0.15) is 0 Å². The molecule has 0 aromatic heterocycles. The molecule has 2 saturated heterocycles. The van der Waals surface area contributed by atoms with Gasteiger partial charge in [0.25, 0.3) is 0 Å². The molecule has 322 valence electrons. The number of nitrogens with zero attached hydrogens (tertiary/aromatic N) is 2. The van der Waals surface area contributed by atoms with E-state index in [0.717, 1.165) is 0 Å². The van der Waals surface area contributed by atoms with Gasteiger partial charge in [0.2, 0.25) is 47.3 Å². The van der Waals surface area contributed by atoms with Gasteiger partial charge in [-0.05, 0) is 76.7 Å². The van der Waals surface area contributed by atoms with E-state index in [0.29, 0.717) is 51.5 Å². The summed E-state index contributed by atoms with van der Waals surface area (Å²) in [7, 11) is 0. The van der Waals surface area contributed by atoms with Crippen molar-refractivity contribution in [3.05, 3.63) is 0 Å². The van der Waals surface area contributed by atoms with Crippen LogP contribution < -0.4 is 43.8 Å². The third-order valence-electron chi connectivity index (χ3n) is 10.3. The molecule has 0 saturated carbocycles. The molecular formula is C37H64N10O10. The van der Waals surface area contributed by atoms with Crippen LogP contribution in [0, 0.1) is 11.8 Å². The van der Waals surface area contributed by atoms with Crippen LogP contribution in [0.4, 0.5) is 0 Å². The monoisotopic (exact) mass is 808 g/mol. The van der Waals surface area contributed by atoms with Gasteiger partial charge in [0.05, 0.1) is 19.0 Å². The molecule has 20 heteroatoms. The number of hydrogen-bond acceptors (Lipinski definition) is 11. The molecule has 2 aliphatic heterocycles. The Morgan fingerprint density at radius 3 is 1.89 bits per heavy atom. The first kappa shape index (κ1) is 48.3. The molecule has 0 aromatic carbocycles. The van der Waals surface area contributed by atoms with Crippen LogP contribution in [0.5, 0.6) is 0 Å². The standard InChI is InChI=1S/C37H64N10O10/c1-6-21(4)30(36(55)47-16-10-13-27(47)34(53)42-22(5)37(56)57)45-31(50)24(11-7-8-14-38)44-32(51)25(17-20(2)3)43-29(49)19-41-33(52)26-12-9-15-46(26)35(54)23(39)18-28(40)48/h20-27,30H,6-19,38-39H2,1-5H3,(H2,40,48)(H,41,52)(H,42,53)(H,43,49)(H,44,51)(H,45,50)(H,56,57)/t21-,22-,23-,24-,25-,26-,27-,30-/m0/s1. The molecule has 0 radical (unpaired) electrons. The number of nitrogens with two attached hydrogens (primary N) is 3. The topological polar surface area (TPSA) is 319 Å². The average Bonchev–Trinajstić information content (AvgIpc) is 3.85. The van der Waals surface area contributed by atoms with Gasteiger partial charge in [-0.1, -0.05) is 34.1 Å². The molecule has 2 fully saturated rings. The Morgan fingerprint density at radius 2 is 1.35 bits per heavy atom. The number of rotatable bonds is 23. The summed E-state index contributed by atoms with van der Waals surface area (Å²) in [6.07, 6.45) is 3.09. The van der Waals surface area contributed by atoms with E-state index in [-0.39, 0.29) is 44.2 Å². The molecule has 12 N–H and O–H groups in total. The minimum atomic E-state index is -1.22. The highest BCUT2D eigenvalue weighted by Crippen LogP contribution is 2.22. The van der Waals surface area contributed by atoms with Crippen LogP contribution >= 0.6 is 0 Å². The highest BCUT2D eigenvalue weighted by atomic mass is 16.4. The van der Waals surface area contributed by atoms with Gasteiger partial charge in [-0.15, -0.1) is 0 Å². The quantitative estimate of drug-likeness (QED) is 0.0486. The first-order valence-corrected chi connectivity index (χ1v) is 19.9. The lowest BCUT2D eigenvalue weighted by Gasteiger charge is -2.33. The van der Waals surface area contributed by atoms with Crippen molar-refractivity contribution >= 4 is 53.2 Å². The van der Waals surface area contributed by atoms with Gasteiger partial charge in [0, 0.05) is 13.1 Å². The summed E-state index contributed by atoms with van der Waals surface area (Å²) in [5, 5.41) is 22.4. The van der Waals surface area contributed by atoms with E-state index in [4.69, 9.17) is 17.2 Å².